The highest BCUT2D eigenvalue weighted by Gasteiger charge is 2.38. The molecular weight excluding hydrogens is 196 g/mol. The summed E-state index contributed by atoms with van der Waals surface area (Å²) in [6.45, 7) is 7.00. The van der Waals surface area contributed by atoms with Gasteiger partial charge in [0.05, 0.1) is 0 Å². The Bertz CT molecular complexity index is 225. The van der Waals surface area contributed by atoms with Crippen LogP contribution in [0.5, 0.6) is 0 Å². The van der Waals surface area contributed by atoms with Crippen LogP contribution in [0.25, 0.3) is 0 Å². The van der Waals surface area contributed by atoms with E-state index in [1.165, 1.54) is 44.9 Å². The Morgan fingerprint density at radius 3 is 2.38 bits per heavy atom. The van der Waals surface area contributed by atoms with Crippen molar-refractivity contribution in [2.75, 3.05) is 13.1 Å². The minimum absolute atomic E-state index is 0.155. The van der Waals surface area contributed by atoms with Crippen molar-refractivity contribution >= 4 is 0 Å². The summed E-state index contributed by atoms with van der Waals surface area (Å²) in [7, 11) is 0. The SMILES string of the molecule is CC(C)(CNCC1(N)CC1)C1CCCCC1. The monoisotopic (exact) mass is 224 g/mol. The largest absolute Gasteiger partial charge is 0.324 e. The van der Waals surface area contributed by atoms with Crippen molar-refractivity contribution in [1.29, 1.82) is 0 Å². The van der Waals surface area contributed by atoms with Gasteiger partial charge in [-0.2, -0.15) is 0 Å². The van der Waals surface area contributed by atoms with Crippen molar-refractivity contribution in [2.24, 2.45) is 17.1 Å². The third-order valence-electron chi connectivity index (χ3n) is 4.66. The van der Waals surface area contributed by atoms with E-state index in [4.69, 9.17) is 5.73 Å². The van der Waals surface area contributed by atoms with Crippen LogP contribution in [-0.4, -0.2) is 18.6 Å². The summed E-state index contributed by atoms with van der Waals surface area (Å²) in [6.07, 6.45) is 9.62. The number of hydrogen-bond acceptors (Lipinski definition) is 2. The molecule has 2 heteroatoms. The zero-order chi connectivity index (χ0) is 11.6. The van der Waals surface area contributed by atoms with Gasteiger partial charge in [0.1, 0.15) is 0 Å². The van der Waals surface area contributed by atoms with Gasteiger partial charge >= 0.3 is 0 Å². The Morgan fingerprint density at radius 1 is 1.19 bits per heavy atom. The fraction of sp³-hybridized carbons (Fsp3) is 1.00. The molecule has 0 unspecified atom stereocenters. The number of nitrogens with two attached hydrogens (primary N) is 1. The van der Waals surface area contributed by atoms with Crippen LogP contribution in [0.2, 0.25) is 0 Å². The third-order valence-corrected chi connectivity index (χ3v) is 4.66. The number of nitrogens with one attached hydrogen (secondary N) is 1. The average molecular weight is 224 g/mol. The zero-order valence-corrected chi connectivity index (χ0v) is 11.0. The maximum Gasteiger partial charge on any atom is 0.0282 e. The van der Waals surface area contributed by atoms with Gasteiger partial charge in [-0.25, -0.2) is 0 Å². The molecule has 2 aliphatic rings. The normalized spacial score (nSPS) is 25.7. The van der Waals surface area contributed by atoms with Gasteiger partial charge in [0.15, 0.2) is 0 Å². The fourth-order valence-electron chi connectivity index (χ4n) is 3.00. The summed E-state index contributed by atoms with van der Waals surface area (Å²) in [5, 5.41) is 3.60. The van der Waals surface area contributed by atoms with Gasteiger partial charge in [0, 0.05) is 18.6 Å². The second-order valence-electron chi connectivity index (χ2n) is 6.79. The van der Waals surface area contributed by atoms with Gasteiger partial charge in [-0.15, -0.1) is 0 Å². The Balaban J connectivity index is 1.72. The summed E-state index contributed by atoms with van der Waals surface area (Å²) < 4.78 is 0. The maximum absolute atomic E-state index is 6.09. The van der Waals surface area contributed by atoms with Crippen LogP contribution in [0.15, 0.2) is 0 Å². The fourth-order valence-corrected chi connectivity index (χ4v) is 3.00. The first-order chi connectivity index (χ1) is 7.52. The van der Waals surface area contributed by atoms with Crippen molar-refractivity contribution in [2.45, 2.75) is 64.3 Å². The lowest BCUT2D eigenvalue weighted by molar-refractivity contribution is 0.153. The second kappa shape index (κ2) is 4.66. The molecule has 0 radical (unpaired) electrons. The first-order valence-electron chi connectivity index (χ1n) is 7.02. The molecule has 0 aromatic carbocycles. The van der Waals surface area contributed by atoms with Crippen molar-refractivity contribution < 1.29 is 0 Å². The topological polar surface area (TPSA) is 38.0 Å². The molecule has 0 atom stereocenters. The lowest BCUT2D eigenvalue weighted by Gasteiger charge is -2.37. The van der Waals surface area contributed by atoms with E-state index in [0.29, 0.717) is 5.41 Å². The molecule has 0 bridgehead atoms. The van der Waals surface area contributed by atoms with E-state index in [-0.39, 0.29) is 5.54 Å². The molecule has 0 aromatic heterocycles. The van der Waals surface area contributed by atoms with Crippen LogP contribution >= 0.6 is 0 Å². The molecule has 0 aromatic rings. The van der Waals surface area contributed by atoms with E-state index in [1.54, 1.807) is 0 Å². The lowest BCUT2D eigenvalue weighted by atomic mass is 9.71. The molecule has 2 saturated carbocycles. The van der Waals surface area contributed by atoms with Gasteiger partial charge in [-0.3, -0.25) is 0 Å². The Kier molecular flexibility index (Phi) is 3.60. The predicted molar refractivity (Wildman–Crippen MR) is 69.4 cm³/mol. The molecule has 0 spiro atoms. The average Bonchev–Trinajstić information content (AvgIpc) is 2.98. The highest BCUT2D eigenvalue weighted by Crippen LogP contribution is 2.38. The summed E-state index contributed by atoms with van der Waals surface area (Å²) in [5.74, 6) is 0.918. The van der Waals surface area contributed by atoms with E-state index < -0.39 is 0 Å². The molecule has 16 heavy (non-hydrogen) atoms. The predicted octanol–water partition coefficient (Wildman–Crippen LogP) is 2.67. The molecule has 2 aliphatic carbocycles. The smallest absolute Gasteiger partial charge is 0.0282 e. The van der Waals surface area contributed by atoms with Crippen LogP contribution in [0.3, 0.4) is 0 Å². The molecule has 0 amide bonds. The summed E-state index contributed by atoms with van der Waals surface area (Å²) in [4.78, 5) is 0. The number of hydrogen-bond donors (Lipinski definition) is 2. The van der Waals surface area contributed by atoms with Crippen LogP contribution in [0.4, 0.5) is 0 Å². The van der Waals surface area contributed by atoms with Crippen molar-refractivity contribution in [3.63, 3.8) is 0 Å². The molecule has 94 valence electrons. The van der Waals surface area contributed by atoms with E-state index in [2.05, 4.69) is 19.2 Å². The standard InChI is InChI=1S/C14H28N2/c1-13(2,12-6-4-3-5-7-12)10-16-11-14(15)8-9-14/h12,16H,3-11,15H2,1-2H3. The quantitative estimate of drug-likeness (QED) is 0.753. The minimum Gasteiger partial charge on any atom is -0.324 e. The van der Waals surface area contributed by atoms with E-state index in [9.17, 15) is 0 Å². The van der Waals surface area contributed by atoms with Crippen molar-refractivity contribution in [1.82, 2.24) is 5.32 Å². The van der Waals surface area contributed by atoms with E-state index in [1.807, 2.05) is 0 Å². The van der Waals surface area contributed by atoms with Crippen LogP contribution in [0.1, 0.15) is 58.8 Å². The minimum atomic E-state index is 0.155. The van der Waals surface area contributed by atoms with Crippen molar-refractivity contribution in [3.8, 4) is 0 Å². The molecule has 2 nitrogen and oxygen atoms in total. The highest BCUT2D eigenvalue weighted by atomic mass is 15.0. The highest BCUT2D eigenvalue weighted by molar-refractivity contribution is 5.00. The number of rotatable bonds is 5. The molecule has 2 fully saturated rings. The van der Waals surface area contributed by atoms with E-state index >= 15 is 0 Å². The first-order valence-corrected chi connectivity index (χ1v) is 7.02. The Labute approximate surface area is 100 Å². The van der Waals surface area contributed by atoms with Crippen molar-refractivity contribution in [3.05, 3.63) is 0 Å². The summed E-state index contributed by atoms with van der Waals surface area (Å²) in [6, 6.07) is 0. The third kappa shape index (κ3) is 3.21. The molecule has 0 aliphatic heterocycles. The van der Waals surface area contributed by atoms with Crippen LogP contribution in [-0.2, 0) is 0 Å². The summed E-state index contributed by atoms with van der Waals surface area (Å²) >= 11 is 0. The first kappa shape index (κ1) is 12.4. The Morgan fingerprint density at radius 2 is 1.81 bits per heavy atom. The molecule has 0 saturated heterocycles. The van der Waals surface area contributed by atoms with Crippen LogP contribution in [0, 0.1) is 11.3 Å². The van der Waals surface area contributed by atoms with Crippen LogP contribution < -0.4 is 11.1 Å². The lowest BCUT2D eigenvalue weighted by Crippen LogP contribution is -2.42. The molecule has 3 N–H and O–H groups in total. The zero-order valence-electron chi connectivity index (χ0n) is 11.0. The molecule has 0 heterocycles. The van der Waals surface area contributed by atoms with Gasteiger partial charge < -0.3 is 11.1 Å². The summed E-state index contributed by atoms with van der Waals surface area (Å²) in [5.41, 5.74) is 6.70. The second-order valence-corrected chi connectivity index (χ2v) is 6.79. The molecule has 2 rings (SSSR count). The Hall–Kier alpha value is -0.0800. The van der Waals surface area contributed by atoms with Gasteiger partial charge in [-0.1, -0.05) is 33.1 Å². The van der Waals surface area contributed by atoms with Gasteiger partial charge in [-0.05, 0) is 37.0 Å². The maximum atomic E-state index is 6.09. The van der Waals surface area contributed by atoms with Gasteiger partial charge in [0.2, 0.25) is 0 Å². The van der Waals surface area contributed by atoms with E-state index in [0.717, 1.165) is 19.0 Å². The van der Waals surface area contributed by atoms with Gasteiger partial charge in [0.25, 0.3) is 0 Å². The molecular formula is C14H28N2.